The van der Waals surface area contributed by atoms with Crippen molar-refractivity contribution in [3.8, 4) is 0 Å². The van der Waals surface area contributed by atoms with Crippen LogP contribution >= 0.6 is 0 Å². The highest BCUT2D eigenvalue weighted by atomic mass is 16.5. The molecule has 1 atom stereocenters. The average Bonchev–Trinajstić information content (AvgIpc) is 3.12. The molecule has 1 aromatic rings. The summed E-state index contributed by atoms with van der Waals surface area (Å²) in [4.78, 5) is 25.8. The highest BCUT2D eigenvalue weighted by Crippen LogP contribution is 2.42. The normalized spacial score (nSPS) is 27.0. The van der Waals surface area contributed by atoms with Gasteiger partial charge < -0.3 is 9.84 Å². The smallest absolute Gasteiger partial charge is 0.325 e. The quantitative estimate of drug-likeness (QED) is 0.839. The zero-order valence-electron chi connectivity index (χ0n) is 11.3. The molecule has 3 rings (SSSR count). The van der Waals surface area contributed by atoms with Crippen LogP contribution in [0.15, 0.2) is 4.52 Å². The summed E-state index contributed by atoms with van der Waals surface area (Å²) in [5.41, 5.74) is 0.803. The topological polar surface area (TPSA) is 75.4 Å². The predicted octanol–water partition coefficient (Wildman–Crippen LogP) is 1.51. The predicted molar refractivity (Wildman–Crippen MR) is 66.2 cm³/mol. The monoisotopic (exact) mass is 263 g/mol. The van der Waals surface area contributed by atoms with Gasteiger partial charge in [-0.25, -0.2) is 4.79 Å². The molecule has 0 bridgehead atoms. The number of nitrogens with one attached hydrogen (secondary N) is 1. The maximum absolute atomic E-state index is 12.5. The maximum atomic E-state index is 12.5. The SMILES string of the molecule is Cc1noc(C)c1CN1C(=O)N[C@@](C)(C2CC2)C1=O. The van der Waals surface area contributed by atoms with Gasteiger partial charge in [0.1, 0.15) is 11.3 Å². The molecule has 102 valence electrons. The lowest BCUT2D eigenvalue weighted by atomic mass is 9.96. The van der Waals surface area contributed by atoms with Crippen molar-refractivity contribution in [2.75, 3.05) is 0 Å². The van der Waals surface area contributed by atoms with E-state index in [9.17, 15) is 9.59 Å². The molecule has 6 heteroatoms. The van der Waals surface area contributed by atoms with E-state index in [1.54, 1.807) is 6.92 Å². The van der Waals surface area contributed by atoms with Gasteiger partial charge in [-0.3, -0.25) is 9.69 Å². The van der Waals surface area contributed by atoms with Crippen LogP contribution in [-0.4, -0.2) is 27.5 Å². The van der Waals surface area contributed by atoms with Crippen molar-refractivity contribution < 1.29 is 14.1 Å². The minimum absolute atomic E-state index is 0.139. The fourth-order valence-electron chi connectivity index (χ4n) is 2.68. The Labute approximate surface area is 111 Å². The van der Waals surface area contributed by atoms with Gasteiger partial charge in [0.25, 0.3) is 5.91 Å². The molecular weight excluding hydrogens is 246 g/mol. The summed E-state index contributed by atoms with van der Waals surface area (Å²) in [6, 6.07) is -0.320. The van der Waals surface area contributed by atoms with Crippen LogP contribution in [0.5, 0.6) is 0 Å². The van der Waals surface area contributed by atoms with E-state index in [0.717, 1.165) is 24.1 Å². The Balaban J connectivity index is 1.86. The van der Waals surface area contributed by atoms with Crippen molar-refractivity contribution in [2.24, 2.45) is 5.92 Å². The zero-order valence-corrected chi connectivity index (χ0v) is 11.3. The van der Waals surface area contributed by atoms with E-state index in [4.69, 9.17) is 4.52 Å². The lowest BCUT2D eigenvalue weighted by Crippen LogP contribution is -2.46. The van der Waals surface area contributed by atoms with Gasteiger partial charge in [-0.1, -0.05) is 5.16 Å². The first-order valence-corrected chi connectivity index (χ1v) is 6.49. The summed E-state index contributed by atoms with van der Waals surface area (Å²) in [6.07, 6.45) is 2.00. The molecule has 1 N–H and O–H groups in total. The van der Waals surface area contributed by atoms with Crippen LogP contribution in [0.3, 0.4) is 0 Å². The average molecular weight is 263 g/mol. The van der Waals surface area contributed by atoms with Crippen molar-refractivity contribution in [3.63, 3.8) is 0 Å². The fourth-order valence-corrected chi connectivity index (χ4v) is 2.68. The number of aryl methyl sites for hydroxylation is 2. The molecule has 1 saturated heterocycles. The third-order valence-electron chi connectivity index (χ3n) is 4.19. The van der Waals surface area contributed by atoms with Gasteiger partial charge in [0.15, 0.2) is 0 Å². The Morgan fingerprint density at radius 1 is 1.42 bits per heavy atom. The molecule has 2 fully saturated rings. The summed E-state index contributed by atoms with van der Waals surface area (Å²) in [7, 11) is 0. The first-order chi connectivity index (χ1) is 8.93. The van der Waals surface area contributed by atoms with Crippen molar-refractivity contribution in [1.29, 1.82) is 0 Å². The molecule has 19 heavy (non-hydrogen) atoms. The largest absolute Gasteiger partial charge is 0.361 e. The zero-order chi connectivity index (χ0) is 13.8. The number of hydrogen-bond acceptors (Lipinski definition) is 4. The van der Waals surface area contributed by atoms with E-state index in [-0.39, 0.29) is 24.4 Å². The molecular formula is C13H17N3O3. The first-order valence-electron chi connectivity index (χ1n) is 6.49. The summed E-state index contributed by atoms with van der Waals surface area (Å²) in [6.45, 7) is 5.64. The summed E-state index contributed by atoms with van der Waals surface area (Å²) < 4.78 is 5.07. The third kappa shape index (κ3) is 1.74. The second-order valence-corrected chi connectivity index (χ2v) is 5.60. The summed E-state index contributed by atoms with van der Waals surface area (Å²) >= 11 is 0. The van der Waals surface area contributed by atoms with Crippen molar-refractivity contribution in [1.82, 2.24) is 15.4 Å². The van der Waals surface area contributed by atoms with Crippen molar-refractivity contribution in [2.45, 2.75) is 45.7 Å². The number of aromatic nitrogens is 1. The molecule has 1 aliphatic heterocycles. The Morgan fingerprint density at radius 2 is 2.11 bits per heavy atom. The Morgan fingerprint density at radius 3 is 2.63 bits per heavy atom. The molecule has 3 amide bonds. The second-order valence-electron chi connectivity index (χ2n) is 5.60. The molecule has 0 unspecified atom stereocenters. The number of amides is 3. The fraction of sp³-hybridized carbons (Fsp3) is 0.615. The Hall–Kier alpha value is -1.85. The van der Waals surface area contributed by atoms with Crippen LogP contribution in [0.2, 0.25) is 0 Å². The minimum Gasteiger partial charge on any atom is -0.361 e. The maximum Gasteiger partial charge on any atom is 0.325 e. The molecule has 1 aromatic heterocycles. The molecule has 0 spiro atoms. The molecule has 6 nitrogen and oxygen atoms in total. The van der Waals surface area contributed by atoms with E-state index in [1.165, 1.54) is 4.90 Å². The first kappa shape index (κ1) is 12.2. The van der Waals surface area contributed by atoms with Gasteiger partial charge in [0.2, 0.25) is 0 Å². The van der Waals surface area contributed by atoms with Crippen molar-refractivity contribution in [3.05, 3.63) is 17.0 Å². The highest BCUT2D eigenvalue weighted by molar-refractivity contribution is 6.07. The molecule has 0 aromatic carbocycles. The number of urea groups is 1. The van der Waals surface area contributed by atoms with Crippen molar-refractivity contribution >= 4 is 11.9 Å². The summed E-state index contributed by atoms with van der Waals surface area (Å²) in [5.74, 6) is 0.789. The van der Waals surface area contributed by atoms with Crippen LogP contribution in [0.1, 0.15) is 36.8 Å². The van der Waals surface area contributed by atoms with Crippen LogP contribution in [0.4, 0.5) is 4.79 Å². The molecule has 2 heterocycles. The summed E-state index contributed by atoms with van der Waals surface area (Å²) in [5, 5.41) is 6.68. The van der Waals surface area contributed by atoms with Gasteiger partial charge >= 0.3 is 6.03 Å². The number of imide groups is 1. The van der Waals surface area contributed by atoms with Crippen LogP contribution < -0.4 is 5.32 Å². The van der Waals surface area contributed by atoms with E-state index in [1.807, 2.05) is 13.8 Å². The molecule has 0 radical (unpaired) electrons. The molecule has 1 aliphatic carbocycles. The van der Waals surface area contributed by atoms with E-state index >= 15 is 0 Å². The van der Waals surface area contributed by atoms with Crippen LogP contribution in [0, 0.1) is 19.8 Å². The number of rotatable bonds is 3. The minimum atomic E-state index is -0.726. The molecule has 1 saturated carbocycles. The van der Waals surface area contributed by atoms with Gasteiger partial charge in [-0.2, -0.15) is 0 Å². The van der Waals surface area contributed by atoms with E-state index < -0.39 is 5.54 Å². The number of carbonyl (C=O) groups is 2. The third-order valence-corrected chi connectivity index (χ3v) is 4.19. The standard InChI is InChI=1S/C13H17N3O3/c1-7-10(8(2)19-15-7)6-16-11(17)13(3,9-4-5-9)14-12(16)18/h9H,4-6H2,1-3H3,(H,14,18)/t13-/m0/s1. The molecule has 2 aliphatic rings. The lowest BCUT2D eigenvalue weighted by Gasteiger charge is -2.20. The second kappa shape index (κ2) is 3.82. The Bertz CT molecular complexity index is 542. The Kier molecular flexibility index (Phi) is 2.45. The van der Waals surface area contributed by atoms with E-state index in [0.29, 0.717) is 5.76 Å². The van der Waals surface area contributed by atoms with Crippen LogP contribution in [-0.2, 0) is 11.3 Å². The number of hydrogen-bond donors (Lipinski definition) is 1. The number of nitrogens with zero attached hydrogens (tertiary/aromatic N) is 2. The van der Waals surface area contributed by atoms with Gasteiger partial charge in [-0.15, -0.1) is 0 Å². The highest BCUT2D eigenvalue weighted by Gasteiger charge is 2.56. The number of carbonyl (C=O) groups excluding carboxylic acids is 2. The van der Waals surface area contributed by atoms with E-state index in [2.05, 4.69) is 10.5 Å². The van der Waals surface area contributed by atoms with Gasteiger partial charge in [-0.05, 0) is 39.5 Å². The lowest BCUT2D eigenvalue weighted by molar-refractivity contribution is -0.131. The van der Waals surface area contributed by atoms with Crippen LogP contribution in [0.25, 0.3) is 0 Å². The van der Waals surface area contributed by atoms with Gasteiger partial charge in [0.05, 0.1) is 12.2 Å². The van der Waals surface area contributed by atoms with Gasteiger partial charge in [0, 0.05) is 5.56 Å².